The number of aliphatic hydroxyl groups is 1. The van der Waals surface area contributed by atoms with Gasteiger partial charge in [-0.15, -0.1) is 0 Å². The monoisotopic (exact) mass is 290 g/mol. The van der Waals surface area contributed by atoms with E-state index in [2.05, 4.69) is 5.10 Å². The number of nitrogens with zero attached hydrogens (tertiary/aromatic N) is 4. The zero-order valence-corrected chi connectivity index (χ0v) is 11.5. The molecule has 110 valence electrons. The van der Waals surface area contributed by atoms with Gasteiger partial charge in [0.15, 0.2) is 5.82 Å². The predicted octanol–water partition coefficient (Wildman–Crippen LogP) is 0.931. The highest BCUT2D eigenvalue weighted by Gasteiger charge is 2.27. The average Bonchev–Trinajstić information content (AvgIpc) is 2.88. The number of rotatable bonds is 2. The number of anilines is 1. The van der Waals surface area contributed by atoms with Crippen molar-refractivity contribution in [2.45, 2.75) is 19.1 Å². The minimum atomic E-state index is -0.471. The van der Waals surface area contributed by atoms with Crippen LogP contribution in [0.4, 0.5) is 10.1 Å². The number of hydrogen-bond donors (Lipinski definition) is 1. The van der Waals surface area contributed by atoms with E-state index in [0.29, 0.717) is 18.8 Å². The van der Waals surface area contributed by atoms with Crippen molar-refractivity contribution in [2.24, 2.45) is 0 Å². The third-order valence-corrected chi connectivity index (χ3v) is 3.58. The summed E-state index contributed by atoms with van der Waals surface area (Å²) in [6.45, 7) is 2.87. The molecule has 3 rings (SSSR count). The van der Waals surface area contributed by atoms with Crippen molar-refractivity contribution in [2.75, 3.05) is 24.6 Å². The van der Waals surface area contributed by atoms with Crippen LogP contribution in [0.25, 0.3) is 5.52 Å². The maximum absolute atomic E-state index is 14.1. The first kappa shape index (κ1) is 13.8. The minimum absolute atomic E-state index is 0.0717. The van der Waals surface area contributed by atoms with Crippen molar-refractivity contribution in [1.82, 2.24) is 9.61 Å². The van der Waals surface area contributed by atoms with Crippen LogP contribution < -0.4 is 4.90 Å². The number of aliphatic hydroxyl groups excluding tert-OH is 1. The Balaban J connectivity index is 2.08. The van der Waals surface area contributed by atoms with Gasteiger partial charge in [0.25, 0.3) is 0 Å². The molecule has 1 fully saturated rings. The third-order valence-electron chi connectivity index (χ3n) is 3.58. The molecule has 0 aliphatic carbocycles. The van der Waals surface area contributed by atoms with E-state index in [0.717, 1.165) is 6.20 Å². The molecule has 7 heteroatoms. The number of nitriles is 1. The van der Waals surface area contributed by atoms with Gasteiger partial charge in [0.05, 0.1) is 30.7 Å². The smallest absolute Gasteiger partial charge is 0.171 e. The van der Waals surface area contributed by atoms with Crippen molar-refractivity contribution in [1.29, 1.82) is 5.26 Å². The summed E-state index contributed by atoms with van der Waals surface area (Å²) in [7, 11) is 0. The van der Waals surface area contributed by atoms with Gasteiger partial charge in [-0.3, -0.25) is 0 Å². The number of fused-ring (bicyclic) bond motifs is 1. The zero-order chi connectivity index (χ0) is 15.0. The summed E-state index contributed by atoms with van der Waals surface area (Å²) in [5.74, 6) is -0.471. The molecule has 0 aromatic carbocycles. The SMILES string of the molecule is C[C@@H]1CN(c2ccc(C#N)n3ncc(F)c23)C[C@H](CO)O1. The highest BCUT2D eigenvalue weighted by Crippen LogP contribution is 2.28. The lowest BCUT2D eigenvalue weighted by Crippen LogP contribution is -2.48. The summed E-state index contributed by atoms with van der Waals surface area (Å²) >= 11 is 0. The van der Waals surface area contributed by atoms with Gasteiger partial charge in [0.1, 0.15) is 17.3 Å². The van der Waals surface area contributed by atoms with Crippen LogP contribution in [0.15, 0.2) is 18.3 Å². The lowest BCUT2D eigenvalue weighted by Gasteiger charge is -2.37. The fraction of sp³-hybridized carbons (Fsp3) is 0.429. The molecule has 1 aliphatic rings. The standard InChI is InChI=1S/C14H15FN4O2/c1-9-6-18(7-11(8-20)21-9)13-3-2-10(4-16)19-14(13)12(15)5-17-19/h2-3,5,9,11,20H,6-8H2,1H3/t9-,11-/m1/s1. The molecule has 0 unspecified atom stereocenters. The summed E-state index contributed by atoms with van der Waals surface area (Å²) in [4.78, 5) is 1.95. The van der Waals surface area contributed by atoms with E-state index in [1.807, 2.05) is 17.9 Å². The zero-order valence-electron chi connectivity index (χ0n) is 11.5. The molecule has 0 bridgehead atoms. The molecule has 3 heterocycles. The van der Waals surface area contributed by atoms with Crippen molar-refractivity contribution in [3.05, 3.63) is 29.8 Å². The summed E-state index contributed by atoms with van der Waals surface area (Å²) in [6, 6.07) is 5.32. The Morgan fingerprint density at radius 2 is 2.33 bits per heavy atom. The van der Waals surface area contributed by atoms with Gasteiger partial charge >= 0.3 is 0 Å². The molecule has 2 aromatic heterocycles. The fourth-order valence-corrected chi connectivity index (χ4v) is 2.73. The highest BCUT2D eigenvalue weighted by atomic mass is 19.1. The second kappa shape index (κ2) is 5.31. The molecule has 1 saturated heterocycles. The van der Waals surface area contributed by atoms with Gasteiger partial charge < -0.3 is 14.7 Å². The summed E-state index contributed by atoms with van der Waals surface area (Å²) in [5.41, 5.74) is 1.20. The summed E-state index contributed by atoms with van der Waals surface area (Å²) < 4.78 is 21.0. The molecule has 21 heavy (non-hydrogen) atoms. The second-order valence-corrected chi connectivity index (χ2v) is 5.12. The first-order chi connectivity index (χ1) is 10.1. The van der Waals surface area contributed by atoms with E-state index in [-0.39, 0.29) is 30.0 Å². The first-order valence-corrected chi connectivity index (χ1v) is 6.71. The number of halogens is 1. The maximum atomic E-state index is 14.1. The molecule has 0 amide bonds. The van der Waals surface area contributed by atoms with Crippen LogP contribution in [0.2, 0.25) is 0 Å². The van der Waals surface area contributed by atoms with Gasteiger partial charge in [-0.2, -0.15) is 10.4 Å². The summed E-state index contributed by atoms with van der Waals surface area (Å²) in [6.07, 6.45) is 0.723. The number of aromatic nitrogens is 2. The largest absolute Gasteiger partial charge is 0.394 e. The summed E-state index contributed by atoms with van der Waals surface area (Å²) in [5, 5.41) is 22.3. The topological polar surface area (TPSA) is 73.8 Å². The van der Waals surface area contributed by atoms with Crippen LogP contribution in [0.5, 0.6) is 0 Å². The van der Waals surface area contributed by atoms with Gasteiger partial charge in [-0.05, 0) is 19.1 Å². The fourth-order valence-electron chi connectivity index (χ4n) is 2.73. The van der Waals surface area contributed by atoms with Gasteiger partial charge in [-0.25, -0.2) is 8.91 Å². The van der Waals surface area contributed by atoms with E-state index in [4.69, 9.17) is 10.00 Å². The quantitative estimate of drug-likeness (QED) is 0.890. The van der Waals surface area contributed by atoms with Crippen LogP contribution in [-0.4, -0.2) is 46.6 Å². The Labute approximate surface area is 121 Å². The number of ether oxygens (including phenoxy) is 1. The number of hydrogen-bond acceptors (Lipinski definition) is 5. The average molecular weight is 290 g/mol. The molecule has 0 radical (unpaired) electrons. The van der Waals surface area contributed by atoms with Crippen LogP contribution in [-0.2, 0) is 4.74 Å². The Morgan fingerprint density at radius 3 is 3.05 bits per heavy atom. The molecule has 0 saturated carbocycles. The minimum Gasteiger partial charge on any atom is -0.394 e. The van der Waals surface area contributed by atoms with Crippen molar-refractivity contribution in [3.63, 3.8) is 0 Å². The van der Waals surface area contributed by atoms with E-state index in [1.54, 1.807) is 12.1 Å². The third kappa shape index (κ3) is 2.33. The van der Waals surface area contributed by atoms with Gasteiger partial charge in [-0.1, -0.05) is 0 Å². The Bertz CT molecular complexity index is 709. The Morgan fingerprint density at radius 1 is 1.52 bits per heavy atom. The molecular formula is C14H15FN4O2. The number of morpholine rings is 1. The maximum Gasteiger partial charge on any atom is 0.171 e. The number of pyridine rings is 1. The van der Waals surface area contributed by atoms with Crippen LogP contribution in [0, 0.1) is 17.1 Å². The molecule has 6 nitrogen and oxygen atoms in total. The van der Waals surface area contributed by atoms with Crippen LogP contribution in [0.1, 0.15) is 12.6 Å². The van der Waals surface area contributed by atoms with E-state index >= 15 is 0 Å². The van der Waals surface area contributed by atoms with E-state index in [1.165, 1.54) is 4.52 Å². The van der Waals surface area contributed by atoms with Crippen molar-refractivity contribution >= 4 is 11.2 Å². The normalized spacial score (nSPS) is 22.5. The van der Waals surface area contributed by atoms with Crippen molar-refractivity contribution in [3.8, 4) is 6.07 Å². The van der Waals surface area contributed by atoms with Gasteiger partial charge in [0.2, 0.25) is 0 Å². The van der Waals surface area contributed by atoms with Crippen LogP contribution in [0.3, 0.4) is 0 Å². The lowest BCUT2D eigenvalue weighted by molar-refractivity contribution is -0.0420. The van der Waals surface area contributed by atoms with E-state index in [9.17, 15) is 9.50 Å². The Hall–Kier alpha value is -2.17. The molecule has 0 spiro atoms. The van der Waals surface area contributed by atoms with E-state index < -0.39 is 5.82 Å². The highest BCUT2D eigenvalue weighted by molar-refractivity contribution is 5.74. The molecule has 2 aromatic rings. The molecule has 1 aliphatic heterocycles. The van der Waals surface area contributed by atoms with Crippen LogP contribution >= 0.6 is 0 Å². The molecule has 1 N–H and O–H groups in total. The molecule has 2 atom stereocenters. The lowest BCUT2D eigenvalue weighted by atomic mass is 10.2. The first-order valence-electron chi connectivity index (χ1n) is 6.71. The second-order valence-electron chi connectivity index (χ2n) is 5.12. The Kier molecular flexibility index (Phi) is 3.49. The predicted molar refractivity (Wildman–Crippen MR) is 73.5 cm³/mol. The van der Waals surface area contributed by atoms with Gasteiger partial charge in [0, 0.05) is 13.1 Å². The molecular weight excluding hydrogens is 275 g/mol. The van der Waals surface area contributed by atoms with Crippen molar-refractivity contribution < 1.29 is 14.2 Å².